The largest absolute Gasteiger partial charge is 0.396 e. The van der Waals surface area contributed by atoms with Crippen LogP contribution in [0.25, 0.3) is 0 Å². The summed E-state index contributed by atoms with van der Waals surface area (Å²) >= 11 is 0. The second kappa shape index (κ2) is 5.12. The third-order valence-electron chi connectivity index (χ3n) is 1.75. The van der Waals surface area contributed by atoms with Crippen molar-refractivity contribution in [1.82, 2.24) is 0 Å². The zero-order valence-corrected chi connectivity index (χ0v) is 8.04. The van der Waals surface area contributed by atoms with Crippen LogP contribution in [0.4, 0.5) is 0 Å². The van der Waals surface area contributed by atoms with E-state index in [0.29, 0.717) is 0 Å². The van der Waals surface area contributed by atoms with E-state index in [4.69, 9.17) is 5.11 Å². The van der Waals surface area contributed by atoms with Gasteiger partial charge in [0.1, 0.15) is 0 Å². The van der Waals surface area contributed by atoms with Crippen LogP contribution < -0.4 is 0 Å². The summed E-state index contributed by atoms with van der Waals surface area (Å²) in [5, 5.41) is 18.5. The lowest BCUT2D eigenvalue weighted by atomic mass is 9.95. The first kappa shape index (κ1) is 11.4. The molecule has 2 unspecified atom stereocenters. The second-order valence-electron chi connectivity index (χ2n) is 3.37. The lowest BCUT2D eigenvalue weighted by Gasteiger charge is -2.18. The first-order valence-electron chi connectivity index (χ1n) is 4.08. The molecule has 0 bridgehead atoms. The van der Waals surface area contributed by atoms with Crippen LogP contribution in [0.5, 0.6) is 0 Å². The molecule has 70 valence electrons. The molecule has 0 spiro atoms. The van der Waals surface area contributed by atoms with Gasteiger partial charge in [-0.1, -0.05) is 23.8 Å². The lowest BCUT2D eigenvalue weighted by molar-refractivity contribution is 0.120. The van der Waals surface area contributed by atoms with Crippen molar-refractivity contribution in [2.75, 3.05) is 6.61 Å². The summed E-state index contributed by atoms with van der Waals surface area (Å²) in [5.74, 6) is -0.236. The lowest BCUT2D eigenvalue weighted by Crippen LogP contribution is -2.22. The van der Waals surface area contributed by atoms with Crippen molar-refractivity contribution in [1.29, 1.82) is 0 Å². The van der Waals surface area contributed by atoms with Crippen LogP contribution in [0.2, 0.25) is 0 Å². The summed E-state index contributed by atoms with van der Waals surface area (Å²) in [4.78, 5) is 0. The van der Waals surface area contributed by atoms with Crippen LogP contribution in [0.1, 0.15) is 20.8 Å². The molecule has 0 aromatic carbocycles. The molecule has 0 amide bonds. The van der Waals surface area contributed by atoms with E-state index in [9.17, 15) is 5.11 Å². The highest BCUT2D eigenvalue weighted by molar-refractivity contribution is 5.08. The van der Waals surface area contributed by atoms with Crippen LogP contribution in [0.15, 0.2) is 23.8 Å². The average molecular weight is 170 g/mol. The van der Waals surface area contributed by atoms with Crippen molar-refractivity contribution >= 4 is 0 Å². The first-order valence-corrected chi connectivity index (χ1v) is 4.08. The third kappa shape index (κ3) is 3.69. The highest BCUT2D eigenvalue weighted by Gasteiger charge is 2.16. The zero-order valence-electron chi connectivity index (χ0n) is 8.04. The molecular weight excluding hydrogens is 152 g/mol. The predicted octanol–water partition coefficient (Wildman–Crippen LogP) is 1.50. The van der Waals surface area contributed by atoms with Crippen LogP contribution in [0.3, 0.4) is 0 Å². The molecule has 2 nitrogen and oxygen atoms in total. The third-order valence-corrected chi connectivity index (χ3v) is 1.75. The van der Waals surface area contributed by atoms with Crippen LogP contribution in [-0.4, -0.2) is 22.9 Å². The summed E-state index contributed by atoms with van der Waals surface area (Å²) in [6.45, 7) is 9.28. The average Bonchev–Trinajstić information content (AvgIpc) is 1.85. The SMILES string of the molecule is C=C(C)C(CO)C(O)C=C(C)C. The summed E-state index contributed by atoms with van der Waals surface area (Å²) < 4.78 is 0. The molecule has 0 saturated carbocycles. The number of hydrogen-bond acceptors (Lipinski definition) is 2. The van der Waals surface area contributed by atoms with Gasteiger partial charge in [0.25, 0.3) is 0 Å². The van der Waals surface area contributed by atoms with Gasteiger partial charge in [-0.25, -0.2) is 0 Å². The van der Waals surface area contributed by atoms with Gasteiger partial charge in [0, 0.05) is 5.92 Å². The molecule has 0 aliphatic heterocycles. The fraction of sp³-hybridized carbons (Fsp3) is 0.600. The van der Waals surface area contributed by atoms with Gasteiger partial charge in [0.2, 0.25) is 0 Å². The van der Waals surface area contributed by atoms with E-state index < -0.39 is 6.10 Å². The number of aliphatic hydroxyl groups excluding tert-OH is 2. The van der Waals surface area contributed by atoms with Gasteiger partial charge in [-0.05, 0) is 20.8 Å². The maximum absolute atomic E-state index is 9.55. The summed E-state index contributed by atoms with van der Waals surface area (Å²) in [5.41, 5.74) is 1.85. The highest BCUT2D eigenvalue weighted by Crippen LogP contribution is 2.14. The van der Waals surface area contributed by atoms with Crippen molar-refractivity contribution in [3.05, 3.63) is 23.8 Å². The van der Waals surface area contributed by atoms with Gasteiger partial charge in [0.05, 0.1) is 12.7 Å². The molecule has 2 atom stereocenters. The van der Waals surface area contributed by atoms with E-state index >= 15 is 0 Å². The van der Waals surface area contributed by atoms with E-state index in [-0.39, 0.29) is 12.5 Å². The maximum Gasteiger partial charge on any atom is 0.0810 e. The number of aliphatic hydroxyl groups is 2. The van der Waals surface area contributed by atoms with E-state index in [1.165, 1.54) is 0 Å². The Labute approximate surface area is 74.2 Å². The van der Waals surface area contributed by atoms with Crippen molar-refractivity contribution in [2.24, 2.45) is 5.92 Å². The topological polar surface area (TPSA) is 40.5 Å². The summed E-state index contributed by atoms with van der Waals surface area (Å²) in [7, 11) is 0. The molecular formula is C10H18O2. The molecule has 2 N–H and O–H groups in total. The summed E-state index contributed by atoms with van der Waals surface area (Å²) in [6, 6.07) is 0. The molecule has 0 aromatic heterocycles. The Hall–Kier alpha value is -0.600. The van der Waals surface area contributed by atoms with E-state index in [1.54, 1.807) is 6.08 Å². The molecule has 0 fully saturated rings. The van der Waals surface area contributed by atoms with Crippen LogP contribution >= 0.6 is 0 Å². The predicted molar refractivity (Wildman–Crippen MR) is 50.8 cm³/mol. The Morgan fingerprint density at radius 3 is 2.17 bits per heavy atom. The Morgan fingerprint density at radius 1 is 1.42 bits per heavy atom. The standard InChI is InChI=1S/C10H18O2/c1-7(2)5-10(12)9(6-11)8(3)4/h5,9-12H,3,6H2,1-2,4H3. The van der Waals surface area contributed by atoms with Gasteiger partial charge >= 0.3 is 0 Å². The number of rotatable bonds is 4. The normalized spacial score (nSPS) is 15.1. The van der Waals surface area contributed by atoms with Crippen LogP contribution in [0, 0.1) is 5.92 Å². The quantitative estimate of drug-likeness (QED) is 0.628. The Bertz CT molecular complexity index is 178. The van der Waals surface area contributed by atoms with E-state index in [1.807, 2.05) is 20.8 Å². The minimum Gasteiger partial charge on any atom is -0.396 e. The highest BCUT2D eigenvalue weighted by atomic mass is 16.3. The molecule has 0 heterocycles. The van der Waals surface area contributed by atoms with Crippen molar-refractivity contribution in [3.63, 3.8) is 0 Å². The first-order chi connectivity index (χ1) is 5.49. The Kier molecular flexibility index (Phi) is 4.86. The van der Waals surface area contributed by atoms with Crippen LogP contribution in [-0.2, 0) is 0 Å². The van der Waals surface area contributed by atoms with Gasteiger partial charge in [-0.3, -0.25) is 0 Å². The Morgan fingerprint density at radius 2 is 1.92 bits per heavy atom. The van der Waals surface area contributed by atoms with E-state index in [0.717, 1.165) is 11.1 Å². The molecule has 0 aliphatic carbocycles. The minimum absolute atomic E-state index is 0.0553. The zero-order chi connectivity index (χ0) is 9.72. The van der Waals surface area contributed by atoms with Gasteiger partial charge in [-0.2, -0.15) is 0 Å². The number of hydrogen-bond donors (Lipinski definition) is 2. The fourth-order valence-electron chi connectivity index (χ4n) is 1.01. The smallest absolute Gasteiger partial charge is 0.0810 e. The van der Waals surface area contributed by atoms with Crippen molar-refractivity contribution < 1.29 is 10.2 Å². The van der Waals surface area contributed by atoms with Crippen molar-refractivity contribution in [3.8, 4) is 0 Å². The van der Waals surface area contributed by atoms with E-state index in [2.05, 4.69) is 6.58 Å². The monoisotopic (exact) mass is 170 g/mol. The molecule has 0 saturated heterocycles. The van der Waals surface area contributed by atoms with Gasteiger partial charge < -0.3 is 10.2 Å². The molecule has 2 heteroatoms. The molecule has 0 rings (SSSR count). The molecule has 0 aliphatic rings. The van der Waals surface area contributed by atoms with Gasteiger partial charge in [-0.15, -0.1) is 0 Å². The number of allylic oxidation sites excluding steroid dienone is 1. The minimum atomic E-state index is -0.613. The molecule has 12 heavy (non-hydrogen) atoms. The summed E-state index contributed by atoms with van der Waals surface area (Å²) in [6.07, 6.45) is 1.12. The fourth-order valence-corrected chi connectivity index (χ4v) is 1.01. The van der Waals surface area contributed by atoms with Gasteiger partial charge in [0.15, 0.2) is 0 Å². The Balaban J connectivity index is 4.32. The molecule has 0 aromatic rings. The molecule has 0 radical (unpaired) electrons. The second-order valence-corrected chi connectivity index (χ2v) is 3.37. The maximum atomic E-state index is 9.55. The van der Waals surface area contributed by atoms with Crippen molar-refractivity contribution in [2.45, 2.75) is 26.9 Å².